The second-order valence-electron chi connectivity index (χ2n) is 8.22. The summed E-state index contributed by atoms with van der Waals surface area (Å²) in [6.45, 7) is 5.90. The quantitative estimate of drug-likeness (QED) is 0.378. The van der Waals surface area contributed by atoms with Crippen molar-refractivity contribution in [3.05, 3.63) is 95.6 Å². The summed E-state index contributed by atoms with van der Waals surface area (Å²) in [4.78, 5) is 17.1. The summed E-state index contributed by atoms with van der Waals surface area (Å²) in [7, 11) is 0. The first-order valence-electron chi connectivity index (χ1n) is 11.2. The molecule has 0 spiro atoms. The Kier molecular flexibility index (Phi) is 7.03. The highest BCUT2D eigenvalue weighted by atomic mass is 19.1. The van der Waals surface area contributed by atoms with Crippen LogP contribution in [0.3, 0.4) is 0 Å². The number of benzene rings is 3. The standard InChI is InChI=1S/C27H28FN3O2/c1-19(2)22-7-3-6-10-25(22)33-18-17-31-24-9-5-4-8-23(24)30-26(31)15-16-29-27(32)20-11-13-21(28)14-12-20/h3-14,19H,15-18H2,1-2H3,(H,29,32). The van der Waals surface area contributed by atoms with Gasteiger partial charge < -0.3 is 14.6 Å². The van der Waals surface area contributed by atoms with Gasteiger partial charge >= 0.3 is 0 Å². The molecule has 0 saturated carbocycles. The molecule has 3 aromatic carbocycles. The van der Waals surface area contributed by atoms with Crippen LogP contribution >= 0.6 is 0 Å². The first-order chi connectivity index (χ1) is 16.0. The van der Waals surface area contributed by atoms with E-state index in [0.717, 1.165) is 22.6 Å². The van der Waals surface area contributed by atoms with Crippen LogP contribution in [-0.4, -0.2) is 28.6 Å². The number of para-hydroxylation sites is 3. The van der Waals surface area contributed by atoms with Gasteiger partial charge in [0.15, 0.2) is 0 Å². The molecule has 0 fully saturated rings. The zero-order chi connectivity index (χ0) is 23.2. The van der Waals surface area contributed by atoms with Gasteiger partial charge in [-0.05, 0) is 53.9 Å². The highest BCUT2D eigenvalue weighted by molar-refractivity contribution is 5.94. The van der Waals surface area contributed by atoms with Crippen LogP contribution in [0, 0.1) is 5.82 Å². The Morgan fingerprint density at radius 1 is 1.03 bits per heavy atom. The van der Waals surface area contributed by atoms with Crippen LogP contribution in [0.4, 0.5) is 4.39 Å². The van der Waals surface area contributed by atoms with Crippen molar-refractivity contribution in [1.29, 1.82) is 0 Å². The minimum absolute atomic E-state index is 0.230. The van der Waals surface area contributed by atoms with E-state index < -0.39 is 0 Å². The molecule has 0 aliphatic carbocycles. The largest absolute Gasteiger partial charge is 0.491 e. The molecule has 0 radical (unpaired) electrons. The molecule has 1 amide bonds. The average molecular weight is 446 g/mol. The SMILES string of the molecule is CC(C)c1ccccc1OCCn1c(CCNC(=O)c2ccc(F)cc2)nc2ccccc21. The summed E-state index contributed by atoms with van der Waals surface area (Å²) >= 11 is 0. The minimum Gasteiger partial charge on any atom is -0.491 e. The number of rotatable bonds is 9. The Morgan fingerprint density at radius 2 is 1.76 bits per heavy atom. The van der Waals surface area contributed by atoms with Crippen molar-refractivity contribution in [3.63, 3.8) is 0 Å². The lowest BCUT2D eigenvalue weighted by atomic mass is 10.0. The zero-order valence-corrected chi connectivity index (χ0v) is 18.9. The number of amides is 1. The highest BCUT2D eigenvalue weighted by Crippen LogP contribution is 2.26. The Balaban J connectivity index is 1.43. The summed E-state index contributed by atoms with van der Waals surface area (Å²) in [5.74, 6) is 1.58. The van der Waals surface area contributed by atoms with Crippen molar-refractivity contribution in [2.45, 2.75) is 32.7 Å². The molecule has 4 rings (SSSR count). The molecular formula is C27H28FN3O2. The van der Waals surface area contributed by atoms with Crippen molar-refractivity contribution >= 4 is 16.9 Å². The molecule has 0 aliphatic rings. The van der Waals surface area contributed by atoms with E-state index in [4.69, 9.17) is 9.72 Å². The molecule has 5 nitrogen and oxygen atoms in total. The van der Waals surface area contributed by atoms with Gasteiger partial charge in [0.2, 0.25) is 0 Å². The number of carbonyl (C=O) groups excluding carboxylic acids is 1. The van der Waals surface area contributed by atoms with Gasteiger partial charge in [-0.2, -0.15) is 0 Å². The number of carbonyl (C=O) groups is 1. The molecule has 4 aromatic rings. The Labute approximate surface area is 193 Å². The maximum atomic E-state index is 13.1. The topological polar surface area (TPSA) is 56.1 Å². The minimum atomic E-state index is -0.362. The van der Waals surface area contributed by atoms with Crippen molar-refractivity contribution in [3.8, 4) is 5.75 Å². The monoisotopic (exact) mass is 445 g/mol. The molecule has 170 valence electrons. The number of nitrogens with zero attached hydrogens (tertiary/aromatic N) is 2. The Bertz CT molecular complexity index is 1230. The summed E-state index contributed by atoms with van der Waals surface area (Å²) in [5, 5.41) is 2.89. The van der Waals surface area contributed by atoms with Crippen LogP contribution in [0.5, 0.6) is 5.75 Å². The van der Waals surface area contributed by atoms with Crippen LogP contribution in [0.15, 0.2) is 72.8 Å². The van der Waals surface area contributed by atoms with E-state index in [1.807, 2.05) is 42.5 Å². The van der Waals surface area contributed by atoms with Crippen molar-refractivity contribution in [2.24, 2.45) is 0 Å². The second kappa shape index (κ2) is 10.3. The first kappa shape index (κ1) is 22.5. The molecule has 0 unspecified atom stereocenters. The van der Waals surface area contributed by atoms with Crippen molar-refractivity contribution in [1.82, 2.24) is 14.9 Å². The Morgan fingerprint density at radius 3 is 2.55 bits per heavy atom. The van der Waals surface area contributed by atoms with E-state index in [2.05, 4.69) is 29.8 Å². The van der Waals surface area contributed by atoms with E-state index in [1.54, 1.807) is 0 Å². The number of hydrogen-bond acceptors (Lipinski definition) is 3. The van der Waals surface area contributed by atoms with Crippen LogP contribution in [0.25, 0.3) is 11.0 Å². The van der Waals surface area contributed by atoms with Gasteiger partial charge in [0.25, 0.3) is 5.91 Å². The number of aromatic nitrogens is 2. The number of hydrogen-bond donors (Lipinski definition) is 1. The van der Waals surface area contributed by atoms with Crippen molar-refractivity contribution in [2.75, 3.05) is 13.2 Å². The van der Waals surface area contributed by atoms with E-state index in [0.29, 0.717) is 37.6 Å². The van der Waals surface area contributed by atoms with Gasteiger partial charge in [0.05, 0.1) is 17.6 Å². The summed E-state index contributed by atoms with van der Waals surface area (Å²) in [6, 6.07) is 21.6. The van der Waals surface area contributed by atoms with Crippen LogP contribution in [0.2, 0.25) is 0 Å². The van der Waals surface area contributed by atoms with Crippen LogP contribution in [-0.2, 0) is 13.0 Å². The lowest BCUT2D eigenvalue weighted by Gasteiger charge is -2.15. The summed E-state index contributed by atoms with van der Waals surface area (Å²) in [5.41, 5.74) is 3.58. The van der Waals surface area contributed by atoms with Crippen LogP contribution in [0.1, 0.15) is 41.5 Å². The number of fused-ring (bicyclic) bond motifs is 1. The lowest BCUT2D eigenvalue weighted by molar-refractivity contribution is 0.0954. The molecule has 0 atom stereocenters. The number of ether oxygens (including phenoxy) is 1. The number of imidazole rings is 1. The van der Waals surface area contributed by atoms with Crippen molar-refractivity contribution < 1.29 is 13.9 Å². The van der Waals surface area contributed by atoms with Gasteiger partial charge in [-0.1, -0.05) is 44.2 Å². The van der Waals surface area contributed by atoms with E-state index in [-0.39, 0.29) is 11.7 Å². The molecule has 1 heterocycles. The average Bonchev–Trinajstić information content (AvgIpc) is 3.17. The Hall–Kier alpha value is -3.67. The van der Waals surface area contributed by atoms with Gasteiger partial charge in [0.1, 0.15) is 24.0 Å². The van der Waals surface area contributed by atoms with E-state index in [9.17, 15) is 9.18 Å². The fraction of sp³-hybridized carbons (Fsp3) is 0.259. The molecule has 6 heteroatoms. The fourth-order valence-electron chi connectivity index (χ4n) is 3.89. The number of halogens is 1. The summed E-state index contributed by atoms with van der Waals surface area (Å²) < 4.78 is 21.4. The lowest BCUT2D eigenvalue weighted by Crippen LogP contribution is -2.26. The third-order valence-corrected chi connectivity index (χ3v) is 5.59. The maximum Gasteiger partial charge on any atom is 0.251 e. The molecule has 33 heavy (non-hydrogen) atoms. The molecule has 1 aromatic heterocycles. The molecule has 0 aliphatic heterocycles. The molecule has 1 N–H and O–H groups in total. The maximum absolute atomic E-state index is 13.1. The third kappa shape index (κ3) is 5.40. The van der Waals surface area contributed by atoms with Crippen LogP contribution < -0.4 is 10.1 Å². The third-order valence-electron chi connectivity index (χ3n) is 5.59. The number of nitrogens with one attached hydrogen (secondary N) is 1. The van der Waals surface area contributed by atoms with E-state index >= 15 is 0 Å². The predicted octanol–water partition coefficient (Wildman–Crippen LogP) is 5.35. The normalized spacial score (nSPS) is 11.2. The second-order valence-corrected chi connectivity index (χ2v) is 8.22. The highest BCUT2D eigenvalue weighted by Gasteiger charge is 2.13. The van der Waals surface area contributed by atoms with Gasteiger partial charge in [-0.25, -0.2) is 9.37 Å². The predicted molar refractivity (Wildman–Crippen MR) is 128 cm³/mol. The first-order valence-corrected chi connectivity index (χ1v) is 11.2. The van der Waals surface area contributed by atoms with Gasteiger partial charge in [0, 0.05) is 18.5 Å². The van der Waals surface area contributed by atoms with Gasteiger partial charge in [-0.15, -0.1) is 0 Å². The summed E-state index contributed by atoms with van der Waals surface area (Å²) in [6.07, 6.45) is 0.574. The molecule has 0 bridgehead atoms. The zero-order valence-electron chi connectivity index (χ0n) is 18.9. The van der Waals surface area contributed by atoms with Gasteiger partial charge in [-0.3, -0.25) is 4.79 Å². The fourth-order valence-corrected chi connectivity index (χ4v) is 3.89. The molecular weight excluding hydrogens is 417 g/mol. The molecule has 0 saturated heterocycles. The van der Waals surface area contributed by atoms with E-state index in [1.165, 1.54) is 29.8 Å². The smallest absolute Gasteiger partial charge is 0.251 e.